The summed E-state index contributed by atoms with van der Waals surface area (Å²) in [4.78, 5) is 0. The van der Waals surface area contributed by atoms with E-state index in [1.54, 1.807) is 0 Å². The summed E-state index contributed by atoms with van der Waals surface area (Å²) in [5.41, 5.74) is 2.54. The minimum atomic E-state index is -0.578. The molecule has 0 heterocycles. The fourth-order valence-electron chi connectivity index (χ4n) is 1.01. The number of hydrogen-bond acceptors (Lipinski definition) is 1. The first-order valence-electron chi connectivity index (χ1n) is 3.38. The van der Waals surface area contributed by atoms with E-state index in [9.17, 15) is 0 Å². The van der Waals surface area contributed by atoms with Gasteiger partial charge in [-0.15, -0.1) is 0 Å². The van der Waals surface area contributed by atoms with E-state index in [-0.39, 0.29) is 0 Å². The number of nitriles is 1. The van der Waals surface area contributed by atoms with Crippen molar-refractivity contribution in [2.24, 2.45) is 0 Å². The van der Waals surface area contributed by atoms with E-state index in [1.165, 1.54) is 14.7 Å². The molecule has 0 bridgehead atoms. The second-order valence-electron chi connectivity index (χ2n) is 2.41. The van der Waals surface area contributed by atoms with E-state index in [4.69, 9.17) is 5.26 Å². The molecular formula is C9H9NTe. The molecule has 0 saturated heterocycles. The van der Waals surface area contributed by atoms with Gasteiger partial charge in [0.1, 0.15) is 0 Å². The monoisotopic (exact) mass is 261 g/mol. The van der Waals surface area contributed by atoms with Gasteiger partial charge in [0.05, 0.1) is 0 Å². The number of nitrogens with zero attached hydrogens (tertiary/aromatic N) is 1. The molecule has 0 saturated carbocycles. The van der Waals surface area contributed by atoms with Gasteiger partial charge in [-0.2, -0.15) is 0 Å². The zero-order valence-corrected chi connectivity index (χ0v) is 8.92. The third kappa shape index (κ3) is 1.96. The molecule has 0 aliphatic rings. The number of hydrogen-bond donors (Lipinski definition) is 0. The Bertz CT molecular complexity index is 279. The SMILES string of the molecule is Cc1cccc(C)c1[Te]C#N. The van der Waals surface area contributed by atoms with E-state index in [0.717, 1.165) is 0 Å². The standard InChI is InChI=1S/C9H9NTe/c1-7-4-3-5-8(2)9(7)11-6-10/h3-5H,1-2H3. The van der Waals surface area contributed by atoms with Gasteiger partial charge in [-0.3, -0.25) is 0 Å². The second kappa shape index (κ2) is 3.77. The molecule has 1 rings (SSSR count). The van der Waals surface area contributed by atoms with Crippen LogP contribution in [0.15, 0.2) is 18.2 Å². The molecule has 11 heavy (non-hydrogen) atoms. The van der Waals surface area contributed by atoms with Crippen LogP contribution in [0.5, 0.6) is 0 Å². The van der Waals surface area contributed by atoms with Gasteiger partial charge < -0.3 is 0 Å². The molecule has 0 N–H and O–H groups in total. The molecule has 2 heteroatoms. The number of aryl methyl sites for hydroxylation is 2. The Balaban J connectivity index is 3.12. The van der Waals surface area contributed by atoms with Gasteiger partial charge in [0, 0.05) is 0 Å². The Labute approximate surface area is 77.1 Å². The second-order valence-corrected chi connectivity index (χ2v) is 4.68. The van der Waals surface area contributed by atoms with Gasteiger partial charge >= 0.3 is 77.1 Å². The van der Waals surface area contributed by atoms with Crippen molar-refractivity contribution in [2.75, 3.05) is 0 Å². The first-order chi connectivity index (χ1) is 5.25. The predicted molar refractivity (Wildman–Crippen MR) is 46.9 cm³/mol. The molecular weight excluding hydrogens is 250 g/mol. The molecule has 0 amide bonds. The molecule has 0 aromatic heterocycles. The van der Waals surface area contributed by atoms with E-state index in [1.807, 2.05) is 6.07 Å². The van der Waals surface area contributed by atoms with E-state index in [0.29, 0.717) is 0 Å². The summed E-state index contributed by atoms with van der Waals surface area (Å²) in [6.07, 6.45) is 0. The summed E-state index contributed by atoms with van der Waals surface area (Å²) in [7, 11) is 0. The fourth-order valence-corrected chi connectivity index (χ4v) is 2.57. The van der Waals surface area contributed by atoms with Gasteiger partial charge in [-0.25, -0.2) is 0 Å². The van der Waals surface area contributed by atoms with Gasteiger partial charge in [0.15, 0.2) is 0 Å². The summed E-state index contributed by atoms with van der Waals surface area (Å²) in [5.74, 6) is 0. The average Bonchev–Trinajstić information content (AvgIpc) is 1.97. The Morgan fingerprint density at radius 2 is 1.82 bits per heavy atom. The van der Waals surface area contributed by atoms with Gasteiger partial charge in [-0.05, 0) is 0 Å². The normalized spacial score (nSPS) is 9.18. The third-order valence-corrected chi connectivity index (χ3v) is 4.24. The Morgan fingerprint density at radius 1 is 1.27 bits per heavy atom. The first-order valence-corrected chi connectivity index (χ1v) is 5.71. The van der Waals surface area contributed by atoms with Crippen LogP contribution in [0.25, 0.3) is 0 Å². The maximum absolute atomic E-state index is 8.58. The average molecular weight is 259 g/mol. The van der Waals surface area contributed by atoms with Crippen molar-refractivity contribution in [3.05, 3.63) is 29.3 Å². The molecule has 1 aromatic carbocycles. The van der Waals surface area contributed by atoms with Crippen LogP contribution in [-0.4, -0.2) is 20.9 Å². The van der Waals surface area contributed by atoms with Crippen molar-refractivity contribution in [2.45, 2.75) is 13.8 Å². The summed E-state index contributed by atoms with van der Waals surface area (Å²) >= 11 is -0.578. The van der Waals surface area contributed by atoms with E-state index >= 15 is 0 Å². The molecule has 0 aliphatic heterocycles. The van der Waals surface area contributed by atoms with Crippen LogP contribution in [0.1, 0.15) is 11.1 Å². The van der Waals surface area contributed by atoms with Crippen LogP contribution in [0.2, 0.25) is 0 Å². The van der Waals surface area contributed by atoms with Crippen molar-refractivity contribution in [1.82, 2.24) is 0 Å². The topological polar surface area (TPSA) is 23.8 Å². The van der Waals surface area contributed by atoms with Crippen molar-refractivity contribution in [3.63, 3.8) is 0 Å². The Kier molecular flexibility index (Phi) is 2.94. The molecule has 56 valence electrons. The quantitative estimate of drug-likeness (QED) is 0.693. The van der Waals surface area contributed by atoms with Gasteiger partial charge in [0.2, 0.25) is 0 Å². The zero-order chi connectivity index (χ0) is 8.27. The molecule has 0 spiro atoms. The van der Waals surface area contributed by atoms with Crippen molar-refractivity contribution < 1.29 is 0 Å². The summed E-state index contributed by atoms with van der Waals surface area (Å²) in [6.45, 7) is 4.15. The van der Waals surface area contributed by atoms with Crippen LogP contribution in [0.4, 0.5) is 0 Å². The van der Waals surface area contributed by atoms with Crippen molar-refractivity contribution >= 4 is 24.5 Å². The number of benzene rings is 1. The summed E-state index contributed by atoms with van der Waals surface area (Å²) in [5, 5.41) is 8.58. The number of rotatable bonds is 1. The molecule has 0 radical (unpaired) electrons. The van der Waals surface area contributed by atoms with Gasteiger partial charge in [-0.1, -0.05) is 0 Å². The molecule has 0 aliphatic carbocycles. The fraction of sp³-hybridized carbons (Fsp3) is 0.222. The summed E-state index contributed by atoms with van der Waals surface area (Å²) in [6, 6.07) is 6.19. The third-order valence-electron chi connectivity index (χ3n) is 1.56. The Morgan fingerprint density at radius 3 is 2.27 bits per heavy atom. The molecule has 0 fully saturated rings. The first kappa shape index (κ1) is 8.59. The molecule has 0 unspecified atom stereocenters. The van der Waals surface area contributed by atoms with E-state index in [2.05, 4.69) is 30.1 Å². The van der Waals surface area contributed by atoms with Crippen LogP contribution < -0.4 is 3.61 Å². The van der Waals surface area contributed by atoms with Crippen LogP contribution in [0, 0.1) is 23.2 Å². The molecule has 0 atom stereocenters. The minimum absolute atomic E-state index is 0.578. The zero-order valence-electron chi connectivity index (χ0n) is 6.59. The van der Waals surface area contributed by atoms with Crippen LogP contribution in [0.3, 0.4) is 0 Å². The van der Waals surface area contributed by atoms with E-state index < -0.39 is 20.9 Å². The van der Waals surface area contributed by atoms with Gasteiger partial charge in [0.25, 0.3) is 0 Å². The maximum atomic E-state index is 8.58. The summed E-state index contributed by atoms with van der Waals surface area (Å²) < 4.78 is 3.60. The molecule has 1 aromatic rings. The predicted octanol–water partition coefficient (Wildman–Crippen LogP) is 1.11. The Hall–Kier alpha value is -0.500. The molecule has 1 nitrogen and oxygen atoms in total. The van der Waals surface area contributed by atoms with Crippen molar-refractivity contribution in [3.8, 4) is 4.12 Å². The van der Waals surface area contributed by atoms with Crippen LogP contribution in [-0.2, 0) is 0 Å². The van der Waals surface area contributed by atoms with Crippen molar-refractivity contribution in [1.29, 1.82) is 5.26 Å². The van der Waals surface area contributed by atoms with Crippen LogP contribution >= 0.6 is 0 Å².